The quantitative estimate of drug-likeness (QED) is 0.166. The average molecular weight is 456 g/mol. The van der Waals surface area contributed by atoms with Gasteiger partial charge in [0.05, 0.1) is 34.9 Å². The second-order valence-electron chi connectivity index (χ2n) is 6.17. The van der Waals surface area contributed by atoms with Crippen LogP contribution >= 0.6 is 15.9 Å². The Kier molecular flexibility index (Phi) is 7.02. The molecular weight excluding hydrogens is 434 g/mol. The number of aromatic nitrogens is 3. The standard InChI is InChI=1S/C21H22BrN5O2/c1-3-29-15(2)9-10-16(13-25-28)12-23-20-11-19(17-7-5-4-6-8-17)26-21-18(22)14-24-27(20)21/h4-11,13-14,23,28H,3,12H2,1-2H3/b15-9+,16-10-,25-13+. The number of hydrogen-bond donors (Lipinski definition) is 2. The Morgan fingerprint density at radius 2 is 2.10 bits per heavy atom. The predicted octanol–water partition coefficient (Wildman–Crippen LogP) is 4.90. The van der Waals surface area contributed by atoms with Gasteiger partial charge in [0.1, 0.15) is 5.82 Å². The van der Waals surface area contributed by atoms with Crippen molar-refractivity contribution in [3.05, 3.63) is 70.6 Å². The largest absolute Gasteiger partial charge is 0.499 e. The molecule has 1 aromatic carbocycles. The molecule has 0 aliphatic carbocycles. The van der Waals surface area contributed by atoms with E-state index in [0.717, 1.165) is 32.9 Å². The van der Waals surface area contributed by atoms with E-state index in [2.05, 4.69) is 31.5 Å². The number of benzene rings is 1. The van der Waals surface area contributed by atoms with Crippen LogP contribution in [0.1, 0.15) is 13.8 Å². The van der Waals surface area contributed by atoms with E-state index >= 15 is 0 Å². The number of allylic oxidation sites excluding steroid dienone is 3. The van der Waals surface area contributed by atoms with Gasteiger partial charge < -0.3 is 15.3 Å². The molecule has 3 rings (SSSR count). The van der Waals surface area contributed by atoms with E-state index in [0.29, 0.717) is 18.8 Å². The summed E-state index contributed by atoms with van der Waals surface area (Å²) in [6.07, 6.45) is 6.78. The van der Waals surface area contributed by atoms with Gasteiger partial charge in [0, 0.05) is 18.2 Å². The highest BCUT2D eigenvalue weighted by molar-refractivity contribution is 9.10. The third-order valence-corrected chi connectivity index (χ3v) is 4.66. The van der Waals surface area contributed by atoms with Gasteiger partial charge in [0.2, 0.25) is 0 Å². The number of halogens is 1. The minimum atomic E-state index is 0.421. The van der Waals surface area contributed by atoms with Gasteiger partial charge in [0.25, 0.3) is 0 Å². The fourth-order valence-electron chi connectivity index (χ4n) is 2.73. The molecule has 0 spiro atoms. The lowest BCUT2D eigenvalue weighted by Crippen LogP contribution is -2.10. The van der Waals surface area contributed by atoms with Crippen molar-refractivity contribution in [1.82, 2.24) is 14.6 Å². The van der Waals surface area contributed by atoms with E-state index in [9.17, 15) is 0 Å². The van der Waals surface area contributed by atoms with Gasteiger partial charge in [-0.25, -0.2) is 4.98 Å². The summed E-state index contributed by atoms with van der Waals surface area (Å²) in [5, 5.41) is 19.9. The number of nitrogens with one attached hydrogen (secondary N) is 1. The molecule has 2 heterocycles. The van der Waals surface area contributed by atoms with E-state index in [-0.39, 0.29) is 0 Å². The molecule has 29 heavy (non-hydrogen) atoms. The lowest BCUT2D eigenvalue weighted by atomic mass is 10.1. The molecule has 0 saturated heterocycles. The Morgan fingerprint density at radius 1 is 1.31 bits per heavy atom. The van der Waals surface area contributed by atoms with Gasteiger partial charge >= 0.3 is 0 Å². The van der Waals surface area contributed by atoms with E-state index in [4.69, 9.17) is 14.9 Å². The normalized spacial score (nSPS) is 12.7. The zero-order valence-corrected chi connectivity index (χ0v) is 17.8. The summed E-state index contributed by atoms with van der Waals surface area (Å²) in [5.74, 6) is 1.55. The van der Waals surface area contributed by atoms with Crippen molar-refractivity contribution in [3.8, 4) is 11.3 Å². The SMILES string of the molecule is CCO/C(C)=C/C=C(\C=N\O)CNc1cc(-c2ccccc2)nc2c(Br)cnn12. The van der Waals surface area contributed by atoms with Crippen molar-refractivity contribution >= 4 is 33.6 Å². The maximum absolute atomic E-state index is 8.99. The number of nitrogens with zero attached hydrogens (tertiary/aromatic N) is 4. The van der Waals surface area contributed by atoms with Crippen LogP contribution in [0, 0.1) is 0 Å². The van der Waals surface area contributed by atoms with Gasteiger partial charge in [0.15, 0.2) is 5.65 Å². The van der Waals surface area contributed by atoms with Gasteiger partial charge in [-0.1, -0.05) is 41.6 Å². The van der Waals surface area contributed by atoms with Gasteiger partial charge in [-0.15, -0.1) is 0 Å². The minimum Gasteiger partial charge on any atom is -0.499 e. The van der Waals surface area contributed by atoms with Crippen molar-refractivity contribution < 1.29 is 9.94 Å². The smallest absolute Gasteiger partial charge is 0.172 e. The molecule has 0 bridgehead atoms. The van der Waals surface area contributed by atoms with Crippen LogP contribution in [0.4, 0.5) is 5.82 Å². The molecule has 2 aromatic heterocycles. The van der Waals surface area contributed by atoms with E-state index < -0.39 is 0 Å². The van der Waals surface area contributed by atoms with Crippen LogP contribution in [0.25, 0.3) is 16.9 Å². The van der Waals surface area contributed by atoms with Gasteiger partial charge in [-0.3, -0.25) is 0 Å². The summed E-state index contributed by atoms with van der Waals surface area (Å²) in [6.45, 7) is 4.83. The fraction of sp³-hybridized carbons (Fsp3) is 0.190. The number of oxime groups is 1. The molecule has 0 aliphatic rings. The molecule has 8 heteroatoms. The van der Waals surface area contributed by atoms with Crippen LogP contribution in [0.15, 0.2) is 75.7 Å². The first-order chi connectivity index (χ1) is 14.1. The lowest BCUT2D eigenvalue weighted by molar-refractivity contribution is 0.231. The number of fused-ring (bicyclic) bond motifs is 1. The Hall–Kier alpha value is -3.13. The summed E-state index contributed by atoms with van der Waals surface area (Å²) in [5.41, 5.74) is 3.32. The molecule has 0 atom stereocenters. The van der Waals surface area contributed by atoms with Crippen LogP contribution in [0.3, 0.4) is 0 Å². The Labute approximate surface area is 177 Å². The predicted molar refractivity (Wildman–Crippen MR) is 118 cm³/mol. The van der Waals surface area contributed by atoms with Crippen molar-refractivity contribution in [1.29, 1.82) is 0 Å². The second-order valence-corrected chi connectivity index (χ2v) is 7.02. The van der Waals surface area contributed by atoms with E-state index in [1.807, 2.05) is 62.4 Å². The molecule has 3 aromatic rings. The topological polar surface area (TPSA) is 84.0 Å². The molecule has 2 N–H and O–H groups in total. The molecule has 0 fully saturated rings. The summed E-state index contributed by atoms with van der Waals surface area (Å²) in [7, 11) is 0. The average Bonchev–Trinajstić information content (AvgIpc) is 3.11. The fourth-order valence-corrected chi connectivity index (χ4v) is 3.08. The maximum atomic E-state index is 8.99. The number of rotatable bonds is 8. The summed E-state index contributed by atoms with van der Waals surface area (Å²) < 4.78 is 7.95. The zero-order chi connectivity index (χ0) is 20.6. The highest BCUT2D eigenvalue weighted by atomic mass is 79.9. The van der Waals surface area contributed by atoms with Crippen molar-refractivity contribution in [2.75, 3.05) is 18.5 Å². The molecular formula is C21H22BrN5O2. The first-order valence-electron chi connectivity index (χ1n) is 9.13. The monoisotopic (exact) mass is 455 g/mol. The molecule has 150 valence electrons. The summed E-state index contributed by atoms with van der Waals surface area (Å²) >= 11 is 3.51. The second kappa shape index (κ2) is 9.88. The minimum absolute atomic E-state index is 0.421. The van der Waals surface area contributed by atoms with Gasteiger partial charge in [-0.05, 0) is 41.4 Å². The molecule has 7 nitrogen and oxygen atoms in total. The van der Waals surface area contributed by atoms with E-state index in [1.54, 1.807) is 10.7 Å². The lowest BCUT2D eigenvalue weighted by Gasteiger charge is -2.11. The highest BCUT2D eigenvalue weighted by Gasteiger charge is 2.11. The van der Waals surface area contributed by atoms with Crippen LogP contribution in [-0.2, 0) is 4.74 Å². The third kappa shape index (κ3) is 5.23. The molecule has 0 amide bonds. The van der Waals surface area contributed by atoms with Crippen LogP contribution in [0.2, 0.25) is 0 Å². The molecule has 0 radical (unpaired) electrons. The molecule has 0 saturated carbocycles. The van der Waals surface area contributed by atoms with Crippen molar-refractivity contribution in [3.63, 3.8) is 0 Å². The Morgan fingerprint density at radius 3 is 2.83 bits per heavy atom. The first-order valence-corrected chi connectivity index (χ1v) is 9.93. The first kappa shape index (κ1) is 20.6. The van der Waals surface area contributed by atoms with Crippen molar-refractivity contribution in [2.24, 2.45) is 5.16 Å². The molecule has 0 unspecified atom stereocenters. The summed E-state index contributed by atoms with van der Waals surface area (Å²) in [6, 6.07) is 11.9. The van der Waals surface area contributed by atoms with Crippen LogP contribution in [0.5, 0.6) is 0 Å². The van der Waals surface area contributed by atoms with Crippen molar-refractivity contribution in [2.45, 2.75) is 13.8 Å². The summed E-state index contributed by atoms with van der Waals surface area (Å²) in [4.78, 5) is 4.72. The molecule has 0 aliphatic heterocycles. The van der Waals surface area contributed by atoms with Gasteiger partial charge in [-0.2, -0.15) is 9.61 Å². The Bertz CT molecular complexity index is 1060. The number of ether oxygens (including phenoxy) is 1. The van der Waals surface area contributed by atoms with Crippen LogP contribution < -0.4 is 5.32 Å². The van der Waals surface area contributed by atoms with Crippen LogP contribution in [-0.4, -0.2) is 39.2 Å². The zero-order valence-electron chi connectivity index (χ0n) is 16.2. The third-order valence-electron chi connectivity index (χ3n) is 4.10. The van der Waals surface area contributed by atoms with E-state index in [1.165, 1.54) is 6.21 Å². The maximum Gasteiger partial charge on any atom is 0.172 e. The number of hydrogen-bond acceptors (Lipinski definition) is 6. The Balaban J connectivity index is 1.92. The number of anilines is 1. The highest BCUT2D eigenvalue weighted by Crippen LogP contribution is 2.25.